The van der Waals surface area contributed by atoms with Gasteiger partial charge in [-0.1, -0.05) is 0 Å². The van der Waals surface area contributed by atoms with Crippen LogP contribution in [0, 0.1) is 0 Å². The molecule has 0 unspecified atom stereocenters. The van der Waals surface area contributed by atoms with Crippen LogP contribution in [0.2, 0.25) is 0 Å². The Labute approximate surface area is 107 Å². The molecule has 6 heteroatoms. The molecular weight excluding hydrogens is 232 g/mol. The number of piperidine rings is 1. The van der Waals surface area contributed by atoms with Crippen LogP contribution in [-0.2, 0) is 4.79 Å². The molecule has 3 N–H and O–H groups in total. The standard InChI is InChI=1S/C12H22N4O2/c13-12(18)16-7-3-10(4-8-16)14-9-11(17)15-5-1-2-6-15/h10,14H,1-9H2,(H2,13,18). The molecule has 0 aromatic heterocycles. The average molecular weight is 254 g/mol. The van der Waals surface area contributed by atoms with Gasteiger partial charge in [0.2, 0.25) is 5.91 Å². The molecule has 2 saturated heterocycles. The van der Waals surface area contributed by atoms with Gasteiger partial charge in [0.1, 0.15) is 0 Å². The summed E-state index contributed by atoms with van der Waals surface area (Å²) in [5.41, 5.74) is 5.22. The van der Waals surface area contributed by atoms with Crippen molar-refractivity contribution < 1.29 is 9.59 Å². The molecule has 0 aliphatic carbocycles. The highest BCUT2D eigenvalue weighted by molar-refractivity contribution is 5.78. The third-order valence-corrected chi connectivity index (χ3v) is 3.81. The SMILES string of the molecule is NC(=O)N1CCC(NCC(=O)N2CCCC2)CC1. The molecule has 0 aromatic carbocycles. The highest BCUT2D eigenvalue weighted by Gasteiger charge is 2.23. The maximum absolute atomic E-state index is 11.8. The zero-order valence-corrected chi connectivity index (χ0v) is 10.7. The number of carbonyl (C=O) groups excluding carboxylic acids is 2. The summed E-state index contributed by atoms with van der Waals surface area (Å²) in [6, 6.07) is -0.0197. The highest BCUT2D eigenvalue weighted by Crippen LogP contribution is 2.10. The van der Waals surface area contributed by atoms with Crippen LogP contribution in [0.1, 0.15) is 25.7 Å². The molecule has 0 saturated carbocycles. The summed E-state index contributed by atoms with van der Waals surface area (Å²) in [5.74, 6) is 0.199. The summed E-state index contributed by atoms with van der Waals surface area (Å²) in [4.78, 5) is 26.4. The number of primary amides is 1. The molecule has 2 aliphatic heterocycles. The van der Waals surface area contributed by atoms with E-state index in [1.165, 1.54) is 0 Å². The molecule has 18 heavy (non-hydrogen) atoms. The molecule has 0 atom stereocenters. The summed E-state index contributed by atoms with van der Waals surface area (Å²) < 4.78 is 0. The smallest absolute Gasteiger partial charge is 0.314 e. The second-order valence-corrected chi connectivity index (χ2v) is 5.07. The first-order valence-corrected chi connectivity index (χ1v) is 6.72. The van der Waals surface area contributed by atoms with Crippen molar-refractivity contribution in [1.29, 1.82) is 0 Å². The van der Waals surface area contributed by atoms with Crippen LogP contribution < -0.4 is 11.1 Å². The van der Waals surface area contributed by atoms with E-state index in [2.05, 4.69) is 5.32 Å². The fourth-order valence-electron chi connectivity index (χ4n) is 2.61. The van der Waals surface area contributed by atoms with Gasteiger partial charge in [0.15, 0.2) is 0 Å². The fraction of sp³-hybridized carbons (Fsp3) is 0.833. The van der Waals surface area contributed by atoms with Crippen molar-refractivity contribution in [1.82, 2.24) is 15.1 Å². The lowest BCUT2D eigenvalue weighted by molar-refractivity contribution is -0.129. The number of nitrogens with zero attached hydrogens (tertiary/aromatic N) is 2. The normalized spacial score (nSPS) is 21.3. The molecular formula is C12H22N4O2. The number of amides is 3. The predicted molar refractivity (Wildman–Crippen MR) is 68.0 cm³/mol. The largest absolute Gasteiger partial charge is 0.351 e. The van der Waals surface area contributed by atoms with Gasteiger partial charge < -0.3 is 20.9 Å². The summed E-state index contributed by atoms with van der Waals surface area (Å²) in [5, 5.41) is 3.29. The lowest BCUT2D eigenvalue weighted by Gasteiger charge is -2.31. The molecule has 2 fully saturated rings. The number of hydrogen-bond donors (Lipinski definition) is 2. The number of nitrogens with one attached hydrogen (secondary N) is 1. The Balaban J connectivity index is 1.65. The number of rotatable bonds is 3. The van der Waals surface area contributed by atoms with Crippen molar-refractivity contribution in [3.8, 4) is 0 Å². The van der Waals surface area contributed by atoms with Gasteiger partial charge in [0.05, 0.1) is 6.54 Å². The van der Waals surface area contributed by atoms with E-state index in [1.807, 2.05) is 4.90 Å². The lowest BCUT2D eigenvalue weighted by atomic mass is 10.1. The van der Waals surface area contributed by atoms with E-state index in [0.29, 0.717) is 25.7 Å². The zero-order chi connectivity index (χ0) is 13.0. The molecule has 6 nitrogen and oxygen atoms in total. The second kappa shape index (κ2) is 6.04. The number of hydrogen-bond acceptors (Lipinski definition) is 3. The lowest BCUT2D eigenvalue weighted by Crippen LogP contribution is -2.48. The molecule has 0 spiro atoms. The van der Waals surface area contributed by atoms with Crippen molar-refractivity contribution in [3.63, 3.8) is 0 Å². The van der Waals surface area contributed by atoms with E-state index in [9.17, 15) is 9.59 Å². The van der Waals surface area contributed by atoms with Crippen molar-refractivity contribution >= 4 is 11.9 Å². The zero-order valence-electron chi connectivity index (χ0n) is 10.7. The topological polar surface area (TPSA) is 78.7 Å². The average Bonchev–Trinajstić information content (AvgIpc) is 2.90. The third kappa shape index (κ3) is 3.35. The third-order valence-electron chi connectivity index (χ3n) is 3.81. The molecule has 3 amide bonds. The molecule has 2 heterocycles. The summed E-state index contributed by atoms with van der Waals surface area (Å²) >= 11 is 0. The predicted octanol–water partition coefficient (Wildman–Crippen LogP) is -0.258. The maximum Gasteiger partial charge on any atom is 0.314 e. The first-order chi connectivity index (χ1) is 8.66. The first-order valence-electron chi connectivity index (χ1n) is 6.72. The van der Waals surface area contributed by atoms with E-state index in [4.69, 9.17) is 5.73 Å². The number of nitrogens with two attached hydrogens (primary N) is 1. The molecule has 0 bridgehead atoms. The van der Waals surface area contributed by atoms with Crippen LogP contribution >= 0.6 is 0 Å². The van der Waals surface area contributed by atoms with Crippen LogP contribution in [0.4, 0.5) is 4.79 Å². The quantitative estimate of drug-likeness (QED) is 0.728. The van der Waals surface area contributed by atoms with Gasteiger partial charge in [0, 0.05) is 32.2 Å². The highest BCUT2D eigenvalue weighted by atomic mass is 16.2. The van der Waals surface area contributed by atoms with Gasteiger partial charge in [-0.2, -0.15) is 0 Å². The van der Waals surface area contributed by atoms with E-state index < -0.39 is 0 Å². The minimum Gasteiger partial charge on any atom is -0.351 e. The monoisotopic (exact) mass is 254 g/mol. The second-order valence-electron chi connectivity index (χ2n) is 5.07. The molecule has 0 aromatic rings. The van der Waals surface area contributed by atoms with Gasteiger partial charge in [-0.3, -0.25) is 4.79 Å². The van der Waals surface area contributed by atoms with E-state index in [0.717, 1.165) is 38.8 Å². The summed E-state index contributed by atoms with van der Waals surface area (Å²) in [6.07, 6.45) is 4.00. The van der Waals surface area contributed by atoms with Crippen LogP contribution in [0.15, 0.2) is 0 Å². The van der Waals surface area contributed by atoms with Gasteiger partial charge >= 0.3 is 6.03 Å². The minimum absolute atomic E-state index is 0.199. The van der Waals surface area contributed by atoms with E-state index in [1.54, 1.807) is 4.90 Å². The Hall–Kier alpha value is -1.30. The first kappa shape index (κ1) is 13.1. The van der Waals surface area contributed by atoms with Crippen LogP contribution in [0.3, 0.4) is 0 Å². The van der Waals surface area contributed by atoms with Crippen molar-refractivity contribution in [3.05, 3.63) is 0 Å². The van der Waals surface area contributed by atoms with Gasteiger partial charge in [-0.05, 0) is 25.7 Å². The Morgan fingerprint density at radius 1 is 1.06 bits per heavy atom. The molecule has 102 valence electrons. The van der Waals surface area contributed by atoms with Crippen LogP contribution in [0.5, 0.6) is 0 Å². The number of urea groups is 1. The van der Waals surface area contributed by atoms with Gasteiger partial charge in [-0.25, -0.2) is 4.79 Å². The van der Waals surface area contributed by atoms with Crippen molar-refractivity contribution in [2.75, 3.05) is 32.7 Å². The number of carbonyl (C=O) groups is 2. The van der Waals surface area contributed by atoms with Crippen LogP contribution in [-0.4, -0.2) is 60.5 Å². The van der Waals surface area contributed by atoms with Crippen LogP contribution in [0.25, 0.3) is 0 Å². The Morgan fingerprint density at radius 3 is 2.22 bits per heavy atom. The maximum atomic E-state index is 11.8. The van der Waals surface area contributed by atoms with Crippen molar-refractivity contribution in [2.45, 2.75) is 31.7 Å². The Morgan fingerprint density at radius 2 is 1.67 bits per heavy atom. The molecule has 0 radical (unpaired) electrons. The summed E-state index contributed by atoms with van der Waals surface area (Å²) in [6.45, 7) is 3.60. The summed E-state index contributed by atoms with van der Waals surface area (Å²) in [7, 11) is 0. The van der Waals surface area contributed by atoms with Gasteiger partial charge in [0.25, 0.3) is 0 Å². The number of likely N-dealkylation sites (tertiary alicyclic amines) is 2. The minimum atomic E-state index is -0.346. The Kier molecular flexibility index (Phi) is 4.41. The van der Waals surface area contributed by atoms with E-state index in [-0.39, 0.29) is 11.9 Å². The molecule has 2 rings (SSSR count). The van der Waals surface area contributed by atoms with Crippen molar-refractivity contribution in [2.24, 2.45) is 5.73 Å². The fourth-order valence-corrected chi connectivity index (χ4v) is 2.61. The molecule has 2 aliphatic rings. The Bertz CT molecular complexity index is 307. The van der Waals surface area contributed by atoms with Gasteiger partial charge in [-0.15, -0.1) is 0 Å². The van der Waals surface area contributed by atoms with E-state index >= 15 is 0 Å².